The lowest BCUT2D eigenvalue weighted by Gasteiger charge is -2.09. The minimum Gasteiger partial charge on any atom is -0.464 e. The molecule has 0 saturated heterocycles. The van der Waals surface area contributed by atoms with Crippen LogP contribution in [-0.2, 0) is 6.54 Å². The van der Waals surface area contributed by atoms with Crippen LogP contribution in [0.1, 0.15) is 22.4 Å². The zero-order chi connectivity index (χ0) is 26.2. The SMILES string of the molecule is Cc1c(C=Nc2oc(-c3ccco3)c(-c3ccco3)c2C#N)c2ccccc2n1Cc1ccc(Cl)c(Cl)c1. The molecule has 0 amide bonds. The zero-order valence-electron chi connectivity index (χ0n) is 20.1. The second-order valence-electron chi connectivity index (χ2n) is 8.66. The van der Waals surface area contributed by atoms with E-state index in [0.29, 0.717) is 39.4 Å². The summed E-state index contributed by atoms with van der Waals surface area (Å²) in [7, 11) is 0. The van der Waals surface area contributed by atoms with Gasteiger partial charge in [0.25, 0.3) is 0 Å². The van der Waals surface area contributed by atoms with Gasteiger partial charge in [-0.2, -0.15) is 5.26 Å². The van der Waals surface area contributed by atoms with E-state index in [1.165, 1.54) is 0 Å². The molecule has 4 aromatic heterocycles. The molecule has 6 aromatic rings. The second-order valence-corrected chi connectivity index (χ2v) is 9.48. The molecule has 4 heterocycles. The lowest BCUT2D eigenvalue weighted by atomic mass is 10.1. The fourth-order valence-corrected chi connectivity index (χ4v) is 4.94. The normalized spacial score (nSPS) is 11.5. The first kappa shape index (κ1) is 23.9. The van der Waals surface area contributed by atoms with Gasteiger partial charge in [-0.1, -0.05) is 47.5 Å². The monoisotopic (exact) mass is 539 g/mol. The predicted octanol–water partition coefficient (Wildman–Crippen LogP) is 9.04. The van der Waals surface area contributed by atoms with Crippen LogP contribution in [0.3, 0.4) is 0 Å². The Kier molecular flexibility index (Phi) is 6.16. The molecule has 2 aromatic carbocycles. The molecule has 0 saturated carbocycles. The molecule has 6 rings (SSSR count). The summed E-state index contributed by atoms with van der Waals surface area (Å²) in [6, 6.07) is 23.0. The number of nitriles is 1. The van der Waals surface area contributed by atoms with Gasteiger partial charge in [-0.25, -0.2) is 4.99 Å². The first-order valence-electron chi connectivity index (χ1n) is 11.8. The number of rotatable bonds is 6. The van der Waals surface area contributed by atoms with Crippen molar-refractivity contribution in [3.63, 3.8) is 0 Å². The van der Waals surface area contributed by atoms with E-state index in [9.17, 15) is 5.26 Å². The number of hydrogen-bond acceptors (Lipinski definition) is 5. The van der Waals surface area contributed by atoms with Crippen molar-refractivity contribution in [2.75, 3.05) is 0 Å². The molecule has 0 spiro atoms. The van der Waals surface area contributed by atoms with E-state index in [2.05, 4.69) is 21.7 Å². The van der Waals surface area contributed by atoms with Crippen LogP contribution in [-0.4, -0.2) is 10.8 Å². The molecule has 0 aliphatic heterocycles. The van der Waals surface area contributed by atoms with Gasteiger partial charge in [-0.05, 0) is 55.0 Å². The Bertz CT molecular complexity index is 1840. The Morgan fingerprint density at radius 3 is 2.42 bits per heavy atom. The van der Waals surface area contributed by atoms with Crippen LogP contribution in [0.15, 0.2) is 97.5 Å². The first-order chi connectivity index (χ1) is 18.5. The van der Waals surface area contributed by atoms with E-state index in [1.807, 2.05) is 37.3 Å². The van der Waals surface area contributed by atoms with Crippen LogP contribution in [0.4, 0.5) is 5.88 Å². The molecule has 0 unspecified atom stereocenters. The standard InChI is InChI=1S/C30H19Cl2N3O3/c1-18-22(20-6-2-3-7-25(20)35(18)17-19-10-11-23(31)24(32)14-19)16-34-30-21(15-33)28(26-8-4-12-36-26)29(38-30)27-9-5-13-37-27/h2-14,16H,17H2,1H3. The summed E-state index contributed by atoms with van der Waals surface area (Å²) in [4.78, 5) is 4.66. The highest BCUT2D eigenvalue weighted by Gasteiger charge is 2.26. The molecule has 0 fully saturated rings. The van der Waals surface area contributed by atoms with E-state index >= 15 is 0 Å². The van der Waals surface area contributed by atoms with Crippen LogP contribution in [0.25, 0.3) is 33.7 Å². The van der Waals surface area contributed by atoms with Crippen molar-refractivity contribution in [2.45, 2.75) is 13.5 Å². The van der Waals surface area contributed by atoms with E-state index in [-0.39, 0.29) is 11.4 Å². The second kappa shape index (κ2) is 9.79. The quantitative estimate of drug-likeness (QED) is 0.197. The molecular weight excluding hydrogens is 521 g/mol. The number of furan rings is 3. The Hall–Kier alpha value is -4.44. The molecule has 8 heteroatoms. The van der Waals surface area contributed by atoms with Gasteiger partial charge in [-0.15, -0.1) is 0 Å². The number of hydrogen-bond donors (Lipinski definition) is 0. The van der Waals surface area contributed by atoms with Crippen molar-refractivity contribution >= 4 is 46.2 Å². The van der Waals surface area contributed by atoms with Crippen molar-refractivity contribution in [2.24, 2.45) is 4.99 Å². The summed E-state index contributed by atoms with van der Waals surface area (Å²) >= 11 is 12.4. The topological polar surface area (TPSA) is 80.5 Å². The number of para-hydroxylation sites is 1. The third kappa shape index (κ3) is 4.12. The van der Waals surface area contributed by atoms with Crippen LogP contribution in [0.2, 0.25) is 10.0 Å². The van der Waals surface area contributed by atoms with Crippen molar-refractivity contribution in [1.29, 1.82) is 5.26 Å². The lowest BCUT2D eigenvalue weighted by Crippen LogP contribution is -2.02. The summed E-state index contributed by atoms with van der Waals surface area (Å²) < 4.78 is 19.5. The molecule has 0 atom stereocenters. The number of nitrogens with zero attached hydrogens (tertiary/aromatic N) is 3. The highest BCUT2D eigenvalue weighted by Crippen LogP contribution is 2.43. The number of fused-ring (bicyclic) bond motifs is 1. The summed E-state index contributed by atoms with van der Waals surface area (Å²) in [6.45, 7) is 2.64. The maximum absolute atomic E-state index is 10.1. The van der Waals surface area contributed by atoms with Crippen molar-refractivity contribution in [3.8, 4) is 28.9 Å². The molecule has 0 aliphatic rings. The highest BCUT2D eigenvalue weighted by atomic mass is 35.5. The van der Waals surface area contributed by atoms with Crippen LogP contribution >= 0.6 is 23.2 Å². The molecule has 0 aliphatic carbocycles. The molecular formula is C30H19Cl2N3O3. The van der Waals surface area contributed by atoms with Gasteiger partial charge in [-0.3, -0.25) is 0 Å². The van der Waals surface area contributed by atoms with E-state index in [4.69, 9.17) is 36.5 Å². The summed E-state index contributed by atoms with van der Waals surface area (Å²) in [5.41, 5.74) is 4.75. The maximum Gasteiger partial charge on any atom is 0.238 e. The first-order valence-corrected chi connectivity index (χ1v) is 12.5. The van der Waals surface area contributed by atoms with Gasteiger partial charge >= 0.3 is 0 Å². The number of halogens is 2. The molecule has 0 radical (unpaired) electrons. The summed E-state index contributed by atoms with van der Waals surface area (Å²) in [5, 5.41) is 12.1. The van der Waals surface area contributed by atoms with Crippen LogP contribution < -0.4 is 0 Å². The Labute approximate surface area is 227 Å². The van der Waals surface area contributed by atoms with E-state index < -0.39 is 0 Å². The molecule has 0 bridgehead atoms. The Morgan fingerprint density at radius 2 is 1.71 bits per heavy atom. The van der Waals surface area contributed by atoms with Crippen LogP contribution in [0, 0.1) is 18.3 Å². The predicted molar refractivity (Wildman–Crippen MR) is 148 cm³/mol. The van der Waals surface area contributed by atoms with Gasteiger partial charge in [0, 0.05) is 34.9 Å². The minimum atomic E-state index is 0.172. The lowest BCUT2D eigenvalue weighted by molar-refractivity contribution is 0.527. The van der Waals surface area contributed by atoms with Gasteiger partial charge in [0.15, 0.2) is 11.5 Å². The van der Waals surface area contributed by atoms with Gasteiger partial charge in [0.2, 0.25) is 5.88 Å². The van der Waals surface area contributed by atoms with Crippen molar-refractivity contribution in [3.05, 3.63) is 112 Å². The Balaban J connectivity index is 1.46. The van der Waals surface area contributed by atoms with Crippen molar-refractivity contribution < 1.29 is 13.3 Å². The molecule has 6 nitrogen and oxygen atoms in total. The fraction of sp³-hybridized carbons (Fsp3) is 0.0667. The fourth-order valence-electron chi connectivity index (χ4n) is 4.62. The van der Waals surface area contributed by atoms with Gasteiger partial charge in [0.05, 0.1) is 28.1 Å². The van der Waals surface area contributed by atoms with Crippen LogP contribution in [0.5, 0.6) is 0 Å². The molecule has 38 heavy (non-hydrogen) atoms. The van der Waals surface area contributed by atoms with E-state index in [1.54, 1.807) is 49.1 Å². The van der Waals surface area contributed by atoms with Gasteiger partial charge < -0.3 is 17.8 Å². The average Bonchev–Trinajstić information content (AvgIpc) is 3.72. The zero-order valence-corrected chi connectivity index (χ0v) is 21.6. The minimum absolute atomic E-state index is 0.172. The Morgan fingerprint density at radius 1 is 0.947 bits per heavy atom. The third-order valence-electron chi connectivity index (χ3n) is 6.43. The highest BCUT2D eigenvalue weighted by molar-refractivity contribution is 6.42. The maximum atomic E-state index is 10.1. The third-order valence-corrected chi connectivity index (χ3v) is 7.17. The average molecular weight is 540 g/mol. The summed E-state index contributed by atoms with van der Waals surface area (Å²) in [6.07, 6.45) is 4.83. The number of aromatic nitrogens is 1. The number of aliphatic imine (C=N–C) groups is 1. The van der Waals surface area contributed by atoms with Crippen molar-refractivity contribution in [1.82, 2.24) is 4.57 Å². The smallest absolute Gasteiger partial charge is 0.238 e. The van der Waals surface area contributed by atoms with E-state index in [0.717, 1.165) is 27.7 Å². The van der Waals surface area contributed by atoms with Gasteiger partial charge in [0.1, 0.15) is 17.4 Å². The summed E-state index contributed by atoms with van der Waals surface area (Å²) in [5.74, 6) is 1.52. The largest absolute Gasteiger partial charge is 0.464 e. The molecule has 186 valence electrons. The molecule has 0 N–H and O–H groups in total. The number of benzene rings is 2.